The molecule has 1 atom stereocenters. The summed E-state index contributed by atoms with van der Waals surface area (Å²) in [5, 5.41) is 9.39. The molecule has 0 N–H and O–H groups in total. The van der Waals surface area contributed by atoms with Gasteiger partial charge in [-0.25, -0.2) is 0 Å². The molecule has 0 fully saturated rings. The lowest BCUT2D eigenvalue weighted by molar-refractivity contribution is 0.332. The van der Waals surface area contributed by atoms with E-state index >= 15 is 0 Å². The Morgan fingerprint density at radius 1 is 0.591 bits per heavy atom. The minimum atomic E-state index is -0.0375. The lowest BCUT2D eigenvalue weighted by Crippen LogP contribution is -2.55. The monoisotopic (exact) mass is 886 g/mol. The fraction of sp³-hybridized carbons (Fsp3) is 0.213. The van der Waals surface area contributed by atoms with Crippen molar-refractivity contribution in [3.05, 3.63) is 162 Å². The van der Waals surface area contributed by atoms with Crippen LogP contribution in [-0.4, -0.2) is 11.3 Å². The van der Waals surface area contributed by atoms with E-state index in [1.807, 2.05) is 11.3 Å². The molecule has 5 heteroatoms. The third-order valence-electron chi connectivity index (χ3n) is 16.2. The van der Waals surface area contributed by atoms with E-state index in [9.17, 15) is 0 Å². The van der Waals surface area contributed by atoms with Gasteiger partial charge in [0.2, 0.25) is 0 Å². The van der Waals surface area contributed by atoms with Crippen LogP contribution in [0, 0.1) is 0 Å². The molecule has 3 aliphatic rings. The lowest BCUT2D eigenvalue weighted by Gasteiger charge is -2.42. The molecule has 3 aromatic heterocycles. The molecule has 66 heavy (non-hydrogen) atoms. The maximum Gasteiger partial charge on any atom is 0.343 e. The predicted molar refractivity (Wildman–Crippen MR) is 290 cm³/mol. The second-order valence-corrected chi connectivity index (χ2v) is 23.1. The molecule has 1 aliphatic carbocycles. The third-order valence-corrected chi connectivity index (χ3v) is 18.5. The van der Waals surface area contributed by atoms with Gasteiger partial charge in [0.05, 0.1) is 11.4 Å². The summed E-state index contributed by atoms with van der Waals surface area (Å²) >= 11 is 4.01. The first-order valence-electron chi connectivity index (χ1n) is 24.1. The summed E-state index contributed by atoms with van der Waals surface area (Å²) < 4.78 is 8.32. The van der Waals surface area contributed by atoms with Crippen LogP contribution in [0.4, 0.5) is 17.1 Å². The van der Waals surface area contributed by atoms with Crippen molar-refractivity contribution in [1.29, 1.82) is 0 Å². The minimum absolute atomic E-state index is 0.0375. The number of hydrogen-bond donors (Lipinski definition) is 0. The molecule has 0 radical (unpaired) electrons. The van der Waals surface area contributed by atoms with Gasteiger partial charge < -0.3 is 9.38 Å². The molecule has 0 unspecified atom stereocenters. The Labute approximate surface area is 395 Å². The Bertz CT molecular complexity index is 3880. The van der Waals surface area contributed by atoms with Crippen LogP contribution in [-0.2, 0) is 10.8 Å². The van der Waals surface area contributed by atoms with Gasteiger partial charge >= 0.3 is 6.85 Å². The molecule has 5 heterocycles. The second kappa shape index (κ2) is 13.7. The normalized spacial score (nSPS) is 16.2. The number of thiophene rings is 2. The minimum Gasteiger partial charge on any atom is -0.374 e. The Hall–Kier alpha value is -6.14. The molecule has 2 nitrogen and oxygen atoms in total. The van der Waals surface area contributed by atoms with E-state index in [4.69, 9.17) is 0 Å². The van der Waals surface area contributed by atoms with Crippen molar-refractivity contribution in [1.82, 2.24) is 4.48 Å². The summed E-state index contributed by atoms with van der Waals surface area (Å²) in [7, 11) is 0. The van der Waals surface area contributed by atoms with Crippen LogP contribution in [0.3, 0.4) is 0 Å². The number of hydrogen-bond acceptors (Lipinski definition) is 3. The molecule has 0 amide bonds. The van der Waals surface area contributed by atoms with Crippen molar-refractivity contribution < 1.29 is 0 Å². The lowest BCUT2D eigenvalue weighted by atomic mass is 9.48. The molecule has 8 aromatic carbocycles. The quantitative estimate of drug-likeness (QED) is 0.156. The number of anilines is 3. The van der Waals surface area contributed by atoms with Crippen LogP contribution in [0.5, 0.6) is 0 Å². The van der Waals surface area contributed by atoms with Crippen LogP contribution in [0.1, 0.15) is 89.8 Å². The zero-order valence-corrected chi connectivity index (χ0v) is 40.2. The third kappa shape index (κ3) is 5.19. The van der Waals surface area contributed by atoms with Gasteiger partial charge in [-0.05, 0) is 111 Å². The Morgan fingerprint density at radius 2 is 1.32 bits per heavy atom. The van der Waals surface area contributed by atoms with Crippen molar-refractivity contribution in [2.24, 2.45) is 0 Å². The summed E-state index contributed by atoms with van der Waals surface area (Å²) in [5.41, 5.74) is 17.9. The van der Waals surface area contributed by atoms with Gasteiger partial charge in [0.25, 0.3) is 0 Å². The highest BCUT2D eigenvalue weighted by molar-refractivity contribution is 7.32. The summed E-state index contributed by atoms with van der Waals surface area (Å²) in [5.74, 6) is 0.463. The molecule has 11 aromatic rings. The number of aromatic nitrogens is 1. The van der Waals surface area contributed by atoms with Crippen LogP contribution >= 0.6 is 22.7 Å². The highest BCUT2D eigenvalue weighted by Gasteiger charge is 2.47. The molecule has 2 aliphatic heterocycles. The predicted octanol–water partition coefficient (Wildman–Crippen LogP) is 16.9. The molecule has 0 saturated heterocycles. The SMILES string of the molecule is CCC[C@H](C)c1ccc(N2c3cc4sc5ccccc5c4c4c3B(c3sc5cc6c(cc5c32)C(C)(C)CCC6(C)C)n2c3c-4cccc3c3ccc4ccccc4c32)c(-c2ccccc2)c1. The van der Waals surface area contributed by atoms with Gasteiger partial charge in [0, 0.05) is 79.0 Å². The first-order chi connectivity index (χ1) is 32.1. The van der Waals surface area contributed by atoms with Crippen molar-refractivity contribution >= 4 is 120 Å². The largest absolute Gasteiger partial charge is 0.374 e. The number of nitrogens with zero attached hydrogens (tertiary/aromatic N) is 2. The summed E-state index contributed by atoms with van der Waals surface area (Å²) in [6, 6.07) is 56.7. The number of benzene rings is 8. The van der Waals surface area contributed by atoms with E-state index in [0.29, 0.717) is 5.92 Å². The molecular formula is C61H51BN2S2. The zero-order chi connectivity index (χ0) is 44.4. The van der Waals surface area contributed by atoms with E-state index in [2.05, 4.69) is 208 Å². The van der Waals surface area contributed by atoms with E-state index in [0.717, 1.165) is 6.42 Å². The smallest absolute Gasteiger partial charge is 0.343 e. The Kier molecular flexibility index (Phi) is 8.12. The fourth-order valence-corrected chi connectivity index (χ4v) is 15.2. The topological polar surface area (TPSA) is 8.17 Å². The molecule has 0 spiro atoms. The first kappa shape index (κ1) is 39.1. The van der Waals surface area contributed by atoms with Gasteiger partial charge in [0.15, 0.2) is 0 Å². The number of para-hydroxylation sites is 1. The van der Waals surface area contributed by atoms with Crippen molar-refractivity contribution in [2.45, 2.75) is 84.0 Å². The Morgan fingerprint density at radius 3 is 2.14 bits per heavy atom. The molecule has 0 bridgehead atoms. The van der Waals surface area contributed by atoms with Crippen molar-refractivity contribution in [3.63, 3.8) is 0 Å². The van der Waals surface area contributed by atoms with Crippen LogP contribution in [0.25, 0.3) is 85.1 Å². The van der Waals surface area contributed by atoms with E-state index in [1.54, 1.807) is 0 Å². The first-order valence-corrected chi connectivity index (χ1v) is 25.8. The van der Waals surface area contributed by atoms with Gasteiger partial charge in [-0.15, -0.1) is 22.7 Å². The maximum absolute atomic E-state index is 2.81. The summed E-state index contributed by atoms with van der Waals surface area (Å²) in [6.45, 7) is 14.6. The molecule has 14 rings (SSSR count). The molecular weight excluding hydrogens is 836 g/mol. The van der Waals surface area contributed by atoms with Crippen LogP contribution in [0.15, 0.2) is 146 Å². The second-order valence-electron chi connectivity index (χ2n) is 21.0. The highest BCUT2D eigenvalue weighted by atomic mass is 32.1. The van der Waals surface area contributed by atoms with E-state index in [-0.39, 0.29) is 17.7 Å². The van der Waals surface area contributed by atoms with Gasteiger partial charge in [-0.3, -0.25) is 0 Å². The van der Waals surface area contributed by atoms with Crippen LogP contribution in [0.2, 0.25) is 0 Å². The average Bonchev–Trinajstić information content (AvgIpc) is 4.01. The van der Waals surface area contributed by atoms with Crippen molar-refractivity contribution in [3.8, 4) is 22.3 Å². The standard InChI is InChI=1S/C61H51BN2S2/c1-7-16-35(2)38-26-28-48(44(31-38)36-17-9-8-10-18-36)63-49-34-52-53(42-21-13-14-24-50(42)65-52)54-43-23-15-22-40-41-27-25-37-19-11-12-20-39(37)56(41)64(57(40)43)62(55(49)54)59-58(63)45-32-46-47(33-51(45)66-59)61(5,6)30-29-60(46,3)4/h8-15,17-28,31-35H,7,16,29-30H2,1-6H3/t35-/m0/s1. The number of fused-ring (bicyclic) bond motifs is 16. The van der Waals surface area contributed by atoms with Crippen molar-refractivity contribution in [2.75, 3.05) is 4.90 Å². The fourth-order valence-electron chi connectivity index (χ4n) is 12.8. The summed E-state index contributed by atoms with van der Waals surface area (Å²) in [4.78, 5) is 2.76. The zero-order valence-electron chi connectivity index (χ0n) is 38.6. The highest BCUT2D eigenvalue weighted by Crippen LogP contribution is 2.56. The van der Waals surface area contributed by atoms with Crippen LogP contribution < -0.4 is 15.1 Å². The molecule has 320 valence electrons. The molecule has 0 saturated carbocycles. The maximum atomic E-state index is 2.81. The summed E-state index contributed by atoms with van der Waals surface area (Å²) in [6.07, 6.45) is 4.70. The Balaban J connectivity index is 1.20. The average molecular weight is 887 g/mol. The van der Waals surface area contributed by atoms with Gasteiger partial charge in [-0.2, -0.15) is 0 Å². The number of rotatable bonds is 5. The van der Waals surface area contributed by atoms with Gasteiger partial charge in [-0.1, -0.05) is 157 Å². The van der Waals surface area contributed by atoms with E-state index in [1.165, 1.54) is 148 Å². The van der Waals surface area contributed by atoms with Gasteiger partial charge in [0.1, 0.15) is 0 Å². The van der Waals surface area contributed by atoms with E-state index < -0.39 is 0 Å².